The summed E-state index contributed by atoms with van der Waals surface area (Å²) in [5, 5.41) is 12.8. The lowest BCUT2D eigenvalue weighted by Gasteiger charge is -2.13. The van der Waals surface area contributed by atoms with Crippen LogP contribution in [-0.4, -0.2) is 14.7 Å². The molecule has 1 aromatic heterocycles. The number of fused-ring (bicyclic) bond motifs is 2. The first-order valence-corrected chi connectivity index (χ1v) is 7.93. The number of rotatable bonds is 3. The molecule has 1 atom stereocenters. The van der Waals surface area contributed by atoms with Gasteiger partial charge in [-0.15, -0.1) is 0 Å². The number of benzene rings is 3. The maximum absolute atomic E-state index is 13.0. The van der Waals surface area contributed by atoms with E-state index in [4.69, 9.17) is 0 Å². The van der Waals surface area contributed by atoms with E-state index in [0.29, 0.717) is 16.5 Å². The molecule has 4 nitrogen and oxygen atoms in total. The predicted octanol–water partition coefficient (Wildman–Crippen LogP) is 3.42. The summed E-state index contributed by atoms with van der Waals surface area (Å²) in [5.41, 5.74) is 0.958. The van der Waals surface area contributed by atoms with Crippen LogP contribution in [0.1, 0.15) is 11.7 Å². The van der Waals surface area contributed by atoms with Crippen LogP contribution in [0.3, 0.4) is 0 Å². The highest BCUT2D eigenvalue weighted by atomic mass is 19.1. The first-order chi connectivity index (χ1) is 12.1. The van der Waals surface area contributed by atoms with Crippen LogP contribution in [0.25, 0.3) is 21.7 Å². The molecular formula is C20H15FN2O2. The molecule has 4 aromatic rings. The summed E-state index contributed by atoms with van der Waals surface area (Å²) in [4.78, 5) is 17.1. The Balaban J connectivity index is 1.74. The van der Waals surface area contributed by atoms with Crippen molar-refractivity contribution in [2.75, 3.05) is 0 Å². The maximum Gasteiger partial charge on any atom is 0.261 e. The van der Waals surface area contributed by atoms with Crippen molar-refractivity contribution in [3.8, 4) is 0 Å². The van der Waals surface area contributed by atoms with Crippen molar-refractivity contribution in [3.63, 3.8) is 0 Å². The molecule has 0 aliphatic carbocycles. The fourth-order valence-electron chi connectivity index (χ4n) is 2.95. The molecule has 0 radical (unpaired) electrons. The van der Waals surface area contributed by atoms with E-state index in [1.54, 1.807) is 0 Å². The minimum absolute atomic E-state index is 0.0558. The fourth-order valence-corrected chi connectivity index (χ4v) is 2.95. The largest absolute Gasteiger partial charge is 0.387 e. The smallest absolute Gasteiger partial charge is 0.261 e. The topological polar surface area (TPSA) is 55.1 Å². The van der Waals surface area contributed by atoms with Crippen LogP contribution in [0.2, 0.25) is 0 Å². The number of hydrogen-bond donors (Lipinski definition) is 1. The summed E-state index contributed by atoms with van der Waals surface area (Å²) in [6.45, 7) is 0.0558. The average molecular weight is 334 g/mol. The summed E-state index contributed by atoms with van der Waals surface area (Å²) in [7, 11) is 0. The Morgan fingerprint density at radius 1 is 1.04 bits per heavy atom. The molecule has 5 heteroatoms. The molecule has 3 aromatic carbocycles. The molecule has 4 rings (SSSR count). The number of halogens is 1. The molecule has 1 N–H and O–H groups in total. The highest BCUT2D eigenvalue weighted by molar-refractivity contribution is 5.95. The minimum atomic E-state index is -0.919. The van der Waals surface area contributed by atoms with Gasteiger partial charge in [0.25, 0.3) is 5.56 Å². The quantitative estimate of drug-likeness (QED) is 0.584. The van der Waals surface area contributed by atoms with E-state index in [-0.39, 0.29) is 17.9 Å². The van der Waals surface area contributed by atoms with Gasteiger partial charge < -0.3 is 5.11 Å². The molecule has 1 unspecified atom stereocenters. The fraction of sp³-hybridized carbons (Fsp3) is 0.100. The molecule has 0 fully saturated rings. The third-order valence-corrected chi connectivity index (χ3v) is 4.32. The Bertz CT molecular complexity index is 1120. The van der Waals surface area contributed by atoms with E-state index >= 15 is 0 Å². The van der Waals surface area contributed by atoms with Gasteiger partial charge in [-0.25, -0.2) is 9.37 Å². The van der Waals surface area contributed by atoms with Gasteiger partial charge >= 0.3 is 0 Å². The van der Waals surface area contributed by atoms with Crippen LogP contribution >= 0.6 is 0 Å². The third kappa shape index (κ3) is 2.90. The van der Waals surface area contributed by atoms with E-state index in [1.165, 1.54) is 35.2 Å². The molecule has 0 amide bonds. The van der Waals surface area contributed by atoms with Crippen LogP contribution in [0.4, 0.5) is 4.39 Å². The van der Waals surface area contributed by atoms with Crippen molar-refractivity contribution in [1.29, 1.82) is 0 Å². The molecule has 0 spiro atoms. The summed E-state index contributed by atoms with van der Waals surface area (Å²) >= 11 is 0. The van der Waals surface area contributed by atoms with Gasteiger partial charge in [0.1, 0.15) is 5.82 Å². The molecular weight excluding hydrogens is 319 g/mol. The maximum atomic E-state index is 13.0. The summed E-state index contributed by atoms with van der Waals surface area (Å²) < 4.78 is 14.4. The molecule has 0 aliphatic heterocycles. The number of aromatic nitrogens is 2. The van der Waals surface area contributed by atoms with Gasteiger partial charge in [-0.05, 0) is 40.6 Å². The van der Waals surface area contributed by atoms with Crippen LogP contribution in [-0.2, 0) is 6.54 Å². The summed E-state index contributed by atoms with van der Waals surface area (Å²) in [6.07, 6.45) is 0.518. The van der Waals surface area contributed by atoms with Crippen molar-refractivity contribution in [1.82, 2.24) is 9.55 Å². The van der Waals surface area contributed by atoms with Crippen molar-refractivity contribution < 1.29 is 9.50 Å². The molecule has 0 saturated carbocycles. The Labute approximate surface area is 142 Å². The lowest BCUT2D eigenvalue weighted by molar-refractivity contribution is 0.155. The van der Waals surface area contributed by atoms with Crippen molar-refractivity contribution in [3.05, 3.63) is 88.7 Å². The standard InChI is InChI=1S/C20H15FN2O2/c21-16-7-5-13(6-8-16)19(24)11-23-12-22-18-10-15-4-2-1-3-14(15)9-17(18)20(23)25/h1-10,12,19,24H,11H2. The van der Waals surface area contributed by atoms with Gasteiger partial charge in [-0.2, -0.15) is 0 Å². The van der Waals surface area contributed by atoms with Crippen LogP contribution in [0.5, 0.6) is 0 Å². The van der Waals surface area contributed by atoms with Crippen LogP contribution in [0, 0.1) is 5.82 Å². The van der Waals surface area contributed by atoms with Gasteiger partial charge in [0.05, 0.1) is 29.9 Å². The highest BCUT2D eigenvalue weighted by Gasteiger charge is 2.12. The predicted molar refractivity (Wildman–Crippen MR) is 94.9 cm³/mol. The average Bonchev–Trinajstić information content (AvgIpc) is 2.63. The molecule has 1 heterocycles. The lowest BCUT2D eigenvalue weighted by atomic mass is 10.1. The second-order valence-electron chi connectivity index (χ2n) is 5.99. The normalized spacial score (nSPS) is 12.6. The molecule has 0 aliphatic rings. The summed E-state index contributed by atoms with van der Waals surface area (Å²) in [5.74, 6) is -0.368. The van der Waals surface area contributed by atoms with Crippen molar-refractivity contribution >= 4 is 21.7 Å². The summed E-state index contributed by atoms with van der Waals surface area (Å²) in [6, 6.07) is 17.1. The number of nitrogens with zero attached hydrogens (tertiary/aromatic N) is 2. The highest BCUT2D eigenvalue weighted by Crippen LogP contribution is 2.20. The lowest BCUT2D eigenvalue weighted by Crippen LogP contribution is -2.23. The molecule has 0 saturated heterocycles. The second kappa shape index (κ2) is 6.11. The van der Waals surface area contributed by atoms with E-state index in [2.05, 4.69) is 4.98 Å². The van der Waals surface area contributed by atoms with Crippen molar-refractivity contribution in [2.24, 2.45) is 0 Å². The van der Waals surface area contributed by atoms with Gasteiger partial charge in [0.2, 0.25) is 0 Å². The Morgan fingerprint density at radius 3 is 2.44 bits per heavy atom. The third-order valence-electron chi connectivity index (χ3n) is 4.32. The van der Waals surface area contributed by atoms with Gasteiger partial charge in [-0.1, -0.05) is 36.4 Å². The van der Waals surface area contributed by atoms with Gasteiger partial charge in [-0.3, -0.25) is 9.36 Å². The van der Waals surface area contributed by atoms with E-state index < -0.39 is 6.10 Å². The number of aliphatic hydroxyl groups excluding tert-OH is 1. The van der Waals surface area contributed by atoms with Crippen LogP contribution < -0.4 is 5.56 Å². The van der Waals surface area contributed by atoms with Gasteiger partial charge in [0.15, 0.2) is 0 Å². The molecule has 25 heavy (non-hydrogen) atoms. The Kier molecular flexibility index (Phi) is 3.78. The SMILES string of the molecule is O=c1c2cc3ccccc3cc2ncn1CC(O)c1ccc(F)cc1. The van der Waals surface area contributed by atoms with Crippen LogP contribution in [0.15, 0.2) is 71.8 Å². The second-order valence-corrected chi connectivity index (χ2v) is 5.99. The van der Waals surface area contributed by atoms with Gasteiger partial charge in [0, 0.05) is 0 Å². The monoisotopic (exact) mass is 334 g/mol. The first kappa shape index (κ1) is 15.5. The number of aliphatic hydroxyl groups is 1. The molecule has 0 bridgehead atoms. The zero-order valence-electron chi connectivity index (χ0n) is 13.3. The zero-order chi connectivity index (χ0) is 17.4. The molecule has 124 valence electrons. The van der Waals surface area contributed by atoms with E-state index in [9.17, 15) is 14.3 Å². The first-order valence-electron chi connectivity index (χ1n) is 7.93. The zero-order valence-corrected chi connectivity index (χ0v) is 13.3. The van der Waals surface area contributed by atoms with E-state index in [1.807, 2.05) is 36.4 Å². The Morgan fingerprint density at radius 2 is 1.72 bits per heavy atom. The van der Waals surface area contributed by atoms with Crippen molar-refractivity contribution in [2.45, 2.75) is 12.6 Å². The minimum Gasteiger partial charge on any atom is -0.387 e. The Hall–Kier alpha value is -3.05. The van der Waals surface area contributed by atoms with E-state index in [0.717, 1.165) is 10.8 Å². The number of hydrogen-bond acceptors (Lipinski definition) is 3.